The van der Waals surface area contributed by atoms with Crippen molar-refractivity contribution in [1.29, 1.82) is 0 Å². The fraction of sp³-hybridized carbons (Fsp3) is 1.00. The highest BCUT2D eigenvalue weighted by atomic mass is 16.5. The van der Waals surface area contributed by atoms with E-state index in [-0.39, 0.29) is 23.3 Å². The van der Waals surface area contributed by atoms with Crippen molar-refractivity contribution in [2.24, 2.45) is 0 Å². The van der Waals surface area contributed by atoms with E-state index in [1.165, 1.54) is 0 Å². The van der Waals surface area contributed by atoms with Gasteiger partial charge in [0.15, 0.2) is 0 Å². The summed E-state index contributed by atoms with van der Waals surface area (Å²) in [7, 11) is 0. The van der Waals surface area contributed by atoms with Gasteiger partial charge in [0, 0.05) is 0 Å². The molecule has 0 aliphatic carbocycles. The first-order valence-electron chi connectivity index (χ1n) is 5.35. The maximum Gasteiger partial charge on any atom is 0.0838 e. The van der Waals surface area contributed by atoms with Gasteiger partial charge in [-0.15, -0.1) is 0 Å². The highest BCUT2D eigenvalue weighted by molar-refractivity contribution is 5.11. The van der Waals surface area contributed by atoms with Crippen LogP contribution in [0, 0.1) is 0 Å². The Morgan fingerprint density at radius 1 is 1.29 bits per heavy atom. The predicted octanol–water partition coefficient (Wildman–Crippen LogP) is 1.30. The average molecular weight is 201 g/mol. The molecule has 1 heterocycles. The smallest absolute Gasteiger partial charge is 0.0838 e. The Hall–Kier alpha value is -0.120. The SMILES string of the molecule is CCNC1(CO)CC(C)(C)OC1(C)C. The van der Waals surface area contributed by atoms with Crippen LogP contribution in [0.3, 0.4) is 0 Å². The number of aliphatic hydroxyl groups excluding tert-OH is 1. The van der Waals surface area contributed by atoms with E-state index >= 15 is 0 Å². The van der Waals surface area contributed by atoms with Crippen LogP contribution in [0.1, 0.15) is 41.0 Å². The third kappa shape index (κ3) is 1.81. The van der Waals surface area contributed by atoms with Crippen molar-refractivity contribution in [3.8, 4) is 0 Å². The molecular weight excluding hydrogens is 178 g/mol. The van der Waals surface area contributed by atoms with Gasteiger partial charge < -0.3 is 15.2 Å². The molecule has 1 aliphatic rings. The highest BCUT2D eigenvalue weighted by Crippen LogP contribution is 2.44. The zero-order chi connectivity index (χ0) is 11.0. The van der Waals surface area contributed by atoms with Crippen molar-refractivity contribution in [2.75, 3.05) is 13.2 Å². The molecule has 0 aromatic rings. The first kappa shape index (κ1) is 12.0. The van der Waals surface area contributed by atoms with E-state index in [0.29, 0.717) is 0 Å². The second-order valence-electron chi connectivity index (χ2n) is 5.32. The molecule has 0 saturated carbocycles. The first-order valence-corrected chi connectivity index (χ1v) is 5.35. The van der Waals surface area contributed by atoms with Crippen LogP contribution < -0.4 is 5.32 Å². The van der Waals surface area contributed by atoms with Crippen LogP contribution in [0.5, 0.6) is 0 Å². The fourth-order valence-corrected chi connectivity index (χ4v) is 2.68. The second kappa shape index (κ2) is 3.47. The molecule has 1 saturated heterocycles. The maximum absolute atomic E-state index is 9.57. The minimum absolute atomic E-state index is 0.122. The molecule has 0 aromatic heterocycles. The molecule has 84 valence electrons. The lowest BCUT2D eigenvalue weighted by Gasteiger charge is -2.39. The molecule has 0 bridgehead atoms. The second-order valence-corrected chi connectivity index (χ2v) is 5.32. The number of aliphatic hydroxyl groups is 1. The molecule has 1 aliphatic heterocycles. The lowest BCUT2D eigenvalue weighted by molar-refractivity contribution is -0.0893. The van der Waals surface area contributed by atoms with Crippen molar-refractivity contribution in [2.45, 2.75) is 57.8 Å². The maximum atomic E-state index is 9.57. The Kier molecular flexibility index (Phi) is 2.96. The van der Waals surface area contributed by atoms with Crippen molar-refractivity contribution in [1.82, 2.24) is 5.32 Å². The van der Waals surface area contributed by atoms with E-state index in [4.69, 9.17) is 4.74 Å². The standard InChI is InChI=1S/C11H23NO2/c1-6-12-11(8-13)7-9(2,3)14-10(11,4)5/h12-13H,6-8H2,1-5H3. The summed E-state index contributed by atoms with van der Waals surface area (Å²) in [6.45, 7) is 11.3. The largest absolute Gasteiger partial charge is 0.394 e. The third-order valence-electron chi connectivity index (χ3n) is 3.20. The van der Waals surface area contributed by atoms with Crippen LogP contribution in [-0.2, 0) is 4.74 Å². The van der Waals surface area contributed by atoms with Crippen molar-refractivity contribution < 1.29 is 9.84 Å². The fourth-order valence-electron chi connectivity index (χ4n) is 2.68. The third-order valence-corrected chi connectivity index (χ3v) is 3.20. The zero-order valence-electron chi connectivity index (χ0n) is 9.98. The lowest BCUT2D eigenvalue weighted by Crippen LogP contribution is -2.59. The van der Waals surface area contributed by atoms with Gasteiger partial charge in [-0.05, 0) is 40.7 Å². The number of rotatable bonds is 3. The molecule has 1 unspecified atom stereocenters. The van der Waals surface area contributed by atoms with E-state index in [1.54, 1.807) is 0 Å². The van der Waals surface area contributed by atoms with E-state index < -0.39 is 0 Å². The summed E-state index contributed by atoms with van der Waals surface area (Å²) >= 11 is 0. The topological polar surface area (TPSA) is 41.5 Å². The summed E-state index contributed by atoms with van der Waals surface area (Å²) in [5.41, 5.74) is -0.777. The van der Waals surface area contributed by atoms with Gasteiger partial charge in [-0.2, -0.15) is 0 Å². The van der Waals surface area contributed by atoms with Crippen molar-refractivity contribution >= 4 is 0 Å². The minimum atomic E-state index is -0.318. The van der Waals surface area contributed by atoms with E-state index in [2.05, 4.69) is 26.1 Å². The normalized spacial score (nSPS) is 34.7. The number of ether oxygens (including phenoxy) is 1. The van der Waals surface area contributed by atoms with Gasteiger partial charge in [0.2, 0.25) is 0 Å². The molecule has 14 heavy (non-hydrogen) atoms. The van der Waals surface area contributed by atoms with Gasteiger partial charge in [-0.25, -0.2) is 0 Å². The predicted molar refractivity (Wildman–Crippen MR) is 57.4 cm³/mol. The number of likely N-dealkylation sites (N-methyl/N-ethyl adjacent to an activating group) is 1. The molecule has 0 radical (unpaired) electrons. The van der Waals surface area contributed by atoms with Gasteiger partial charge >= 0.3 is 0 Å². The van der Waals surface area contributed by atoms with Gasteiger partial charge in [0.05, 0.1) is 23.3 Å². The summed E-state index contributed by atoms with van der Waals surface area (Å²) in [4.78, 5) is 0. The van der Waals surface area contributed by atoms with Gasteiger partial charge in [0.1, 0.15) is 0 Å². The molecule has 1 atom stereocenters. The molecule has 0 amide bonds. The molecule has 0 spiro atoms. The van der Waals surface area contributed by atoms with Crippen LogP contribution in [0.15, 0.2) is 0 Å². The summed E-state index contributed by atoms with van der Waals surface area (Å²) in [6.07, 6.45) is 0.845. The number of hydrogen-bond donors (Lipinski definition) is 2. The number of nitrogens with one attached hydrogen (secondary N) is 1. The Morgan fingerprint density at radius 3 is 2.14 bits per heavy atom. The Bertz CT molecular complexity index is 213. The van der Waals surface area contributed by atoms with Gasteiger partial charge in [-0.1, -0.05) is 6.92 Å². The van der Waals surface area contributed by atoms with Gasteiger partial charge in [0.25, 0.3) is 0 Å². The monoisotopic (exact) mass is 201 g/mol. The molecular formula is C11H23NO2. The quantitative estimate of drug-likeness (QED) is 0.723. The summed E-state index contributed by atoms with van der Waals surface area (Å²) in [5, 5.41) is 13.0. The number of hydrogen-bond acceptors (Lipinski definition) is 3. The Labute approximate surface area is 86.8 Å². The van der Waals surface area contributed by atoms with Crippen LogP contribution in [0.25, 0.3) is 0 Å². The summed E-state index contributed by atoms with van der Waals surface area (Å²) < 4.78 is 5.97. The van der Waals surface area contributed by atoms with Crippen LogP contribution in [-0.4, -0.2) is 35.0 Å². The average Bonchev–Trinajstić information content (AvgIpc) is 2.17. The minimum Gasteiger partial charge on any atom is -0.394 e. The molecule has 2 N–H and O–H groups in total. The van der Waals surface area contributed by atoms with E-state index in [9.17, 15) is 5.11 Å². The Balaban J connectivity index is 2.95. The van der Waals surface area contributed by atoms with Crippen LogP contribution >= 0.6 is 0 Å². The molecule has 1 rings (SSSR count). The highest BCUT2D eigenvalue weighted by Gasteiger charge is 2.56. The summed E-state index contributed by atoms with van der Waals surface area (Å²) in [6, 6.07) is 0. The van der Waals surface area contributed by atoms with E-state index in [0.717, 1.165) is 13.0 Å². The van der Waals surface area contributed by atoms with Crippen LogP contribution in [0.4, 0.5) is 0 Å². The lowest BCUT2D eigenvalue weighted by atomic mass is 9.79. The molecule has 1 fully saturated rings. The summed E-state index contributed by atoms with van der Waals surface area (Å²) in [5.74, 6) is 0. The molecule has 0 aromatic carbocycles. The molecule has 3 heteroatoms. The molecule has 3 nitrogen and oxygen atoms in total. The van der Waals surface area contributed by atoms with Crippen molar-refractivity contribution in [3.63, 3.8) is 0 Å². The zero-order valence-corrected chi connectivity index (χ0v) is 9.98. The first-order chi connectivity index (χ1) is 6.29. The van der Waals surface area contributed by atoms with Gasteiger partial charge in [-0.3, -0.25) is 0 Å². The Morgan fingerprint density at radius 2 is 1.86 bits per heavy atom. The van der Waals surface area contributed by atoms with Crippen LogP contribution in [0.2, 0.25) is 0 Å². The van der Waals surface area contributed by atoms with E-state index in [1.807, 2.05) is 13.8 Å². The van der Waals surface area contributed by atoms with Crippen molar-refractivity contribution in [3.05, 3.63) is 0 Å².